The number of likely N-dealkylation sites (N-methyl/N-ethyl adjacent to an activating group) is 1. The number of amides is 2. The van der Waals surface area contributed by atoms with Crippen LogP contribution >= 0.6 is 0 Å². The molecule has 0 aromatic carbocycles. The fourth-order valence-corrected chi connectivity index (χ4v) is 4.06. The first-order chi connectivity index (χ1) is 13.8. The predicted octanol–water partition coefficient (Wildman–Crippen LogP) is 4.02. The van der Waals surface area contributed by atoms with E-state index >= 15 is 0 Å². The molecular formula is C22H30N4O3. The first-order valence-corrected chi connectivity index (χ1v) is 10.2. The van der Waals surface area contributed by atoms with E-state index in [1.165, 1.54) is 54.5 Å². The van der Waals surface area contributed by atoms with Gasteiger partial charge in [0.25, 0.3) is 0 Å². The van der Waals surface area contributed by atoms with Crippen LogP contribution in [-0.4, -0.2) is 40.0 Å². The Balaban J connectivity index is 1.60. The maximum absolute atomic E-state index is 12.4. The van der Waals surface area contributed by atoms with Crippen LogP contribution in [0.1, 0.15) is 60.9 Å². The molecule has 2 amide bonds. The van der Waals surface area contributed by atoms with Gasteiger partial charge in [-0.05, 0) is 51.3 Å². The van der Waals surface area contributed by atoms with Crippen molar-refractivity contribution in [1.82, 2.24) is 14.6 Å². The second-order valence-corrected chi connectivity index (χ2v) is 7.89. The predicted molar refractivity (Wildman–Crippen MR) is 113 cm³/mol. The molecule has 2 aromatic rings. The van der Waals surface area contributed by atoms with E-state index in [4.69, 9.17) is 4.52 Å². The van der Waals surface area contributed by atoms with E-state index in [2.05, 4.69) is 35.0 Å². The van der Waals surface area contributed by atoms with Crippen molar-refractivity contribution in [3.8, 4) is 0 Å². The van der Waals surface area contributed by atoms with E-state index < -0.39 is 0 Å². The van der Waals surface area contributed by atoms with Crippen molar-refractivity contribution in [2.45, 2.75) is 58.9 Å². The molecule has 156 valence electrons. The molecule has 29 heavy (non-hydrogen) atoms. The highest BCUT2D eigenvalue weighted by Gasteiger charge is 2.19. The Hall–Kier alpha value is -2.83. The van der Waals surface area contributed by atoms with E-state index in [9.17, 15) is 9.59 Å². The zero-order valence-electron chi connectivity index (χ0n) is 17.7. The van der Waals surface area contributed by atoms with Gasteiger partial charge in [0, 0.05) is 36.6 Å². The first-order valence-electron chi connectivity index (χ1n) is 10.2. The van der Waals surface area contributed by atoms with Gasteiger partial charge in [0.15, 0.2) is 5.82 Å². The number of nitrogens with zero attached hydrogens (tertiary/aromatic N) is 3. The van der Waals surface area contributed by atoms with Crippen LogP contribution in [-0.2, 0) is 9.59 Å². The van der Waals surface area contributed by atoms with Crippen LogP contribution in [0.15, 0.2) is 22.7 Å². The molecule has 1 aliphatic rings. The van der Waals surface area contributed by atoms with Gasteiger partial charge >= 0.3 is 0 Å². The summed E-state index contributed by atoms with van der Waals surface area (Å²) in [4.78, 5) is 25.9. The average molecular weight is 399 g/mol. The van der Waals surface area contributed by atoms with Crippen LogP contribution in [0.5, 0.6) is 0 Å². The van der Waals surface area contributed by atoms with Crippen LogP contribution in [0.2, 0.25) is 0 Å². The molecule has 1 saturated carbocycles. The Morgan fingerprint density at radius 2 is 1.97 bits per heavy atom. The fraction of sp³-hybridized carbons (Fsp3) is 0.500. The topological polar surface area (TPSA) is 80.4 Å². The number of carbonyl (C=O) groups excluding carboxylic acids is 2. The highest BCUT2D eigenvalue weighted by Crippen LogP contribution is 2.32. The molecule has 0 bridgehead atoms. The van der Waals surface area contributed by atoms with Crippen molar-refractivity contribution < 1.29 is 14.1 Å². The van der Waals surface area contributed by atoms with Gasteiger partial charge in [-0.3, -0.25) is 9.59 Å². The van der Waals surface area contributed by atoms with Crippen molar-refractivity contribution in [2.24, 2.45) is 0 Å². The summed E-state index contributed by atoms with van der Waals surface area (Å²) in [5.74, 6) is 0.412. The van der Waals surface area contributed by atoms with E-state index in [1.54, 1.807) is 20.0 Å². The van der Waals surface area contributed by atoms with Crippen molar-refractivity contribution in [3.63, 3.8) is 0 Å². The average Bonchev–Trinajstić information content (AvgIpc) is 3.22. The number of nitrogens with one attached hydrogen (secondary N) is 1. The lowest BCUT2D eigenvalue weighted by Crippen LogP contribution is -2.33. The lowest BCUT2D eigenvalue weighted by molar-refractivity contribution is -0.129. The van der Waals surface area contributed by atoms with Crippen LogP contribution in [0.25, 0.3) is 6.08 Å². The maximum Gasteiger partial charge on any atom is 0.246 e. The van der Waals surface area contributed by atoms with Gasteiger partial charge in [0.1, 0.15) is 5.76 Å². The first kappa shape index (κ1) is 20.9. The molecule has 1 N–H and O–H groups in total. The third-order valence-corrected chi connectivity index (χ3v) is 5.52. The number of rotatable bonds is 6. The standard InChI is InChI=1S/C22H30N4O3/c1-15-12-18(17(3)26(15)19-8-6-5-7-9-19)10-11-22(28)25(4)14-21(27)23-20-13-16(2)29-24-20/h10-13,19H,5-9,14H2,1-4H3,(H,23,24,27)/b11-10+. The van der Waals surface area contributed by atoms with Gasteiger partial charge in [-0.2, -0.15) is 0 Å². The molecule has 1 aliphatic carbocycles. The van der Waals surface area contributed by atoms with Crippen molar-refractivity contribution in [3.05, 3.63) is 40.9 Å². The van der Waals surface area contributed by atoms with Gasteiger partial charge in [0.2, 0.25) is 11.8 Å². The summed E-state index contributed by atoms with van der Waals surface area (Å²) >= 11 is 0. The molecule has 0 spiro atoms. The molecule has 2 aromatic heterocycles. The van der Waals surface area contributed by atoms with Crippen LogP contribution in [0.4, 0.5) is 5.82 Å². The summed E-state index contributed by atoms with van der Waals surface area (Å²) in [5, 5.41) is 6.33. The number of hydrogen-bond acceptors (Lipinski definition) is 4. The Morgan fingerprint density at radius 1 is 1.24 bits per heavy atom. The number of aromatic nitrogens is 2. The highest BCUT2D eigenvalue weighted by atomic mass is 16.5. The molecule has 0 aliphatic heterocycles. The summed E-state index contributed by atoms with van der Waals surface area (Å²) < 4.78 is 7.33. The van der Waals surface area contributed by atoms with Crippen molar-refractivity contribution in [1.29, 1.82) is 0 Å². The van der Waals surface area contributed by atoms with Gasteiger partial charge in [-0.15, -0.1) is 0 Å². The number of carbonyl (C=O) groups is 2. The van der Waals surface area contributed by atoms with E-state index in [-0.39, 0.29) is 18.4 Å². The largest absolute Gasteiger partial charge is 0.360 e. The van der Waals surface area contributed by atoms with Crippen molar-refractivity contribution >= 4 is 23.7 Å². The summed E-state index contributed by atoms with van der Waals surface area (Å²) in [5.41, 5.74) is 3.48. The molecule has 0 radical (unpaired) electrons. The molecule has 7 nitrogen and oxygen atoms in total. The smallest absolute Gasteiger partial charge is 0.246 e. The van der Waals surface area contributed by atoms with Crippen molar-refractivity contribution in [2.75, 3.05) is 18.9 Å². The Labute approximate surface area is 171 Å². The Bertz CT molecular complexity index is 903. The molecule has 1 fully saturated rings. The van der Waals surface area contributed by atoms with Gasteiger partial charge in [-0.1, -0.05) is 24.4 Å². The highest BCUT2D eigenvalue weighted by molar-refractivity contribution is 5.97. The van der Waals surface area contributed by atoms with Gasteiger partial charge in [0.05, 0.1) is 6.54 Å². The van der Waals surface area contributed by atoms with E-state index in [0.29, 0.717) is 17.6 Å². The summed E-state index contributed by atoms with van der Waals surface area (Å²) in [7, 11) is 1.60. The minimum absolute atomic E-state index is 0.0593. The molecule has 2 heterocycles. The lowest BCUT2D eigenvalue weighted by atomic mass is 9.95. The second kappa shape index (κ2) is 9.11. The number of hydrogen-bond donors (Lipinski definition) is 1. The quantitative estimate of drug-likeness (QED) is 0.746. The van der Waals surface area contributed by atoms with Crippen LogP contribution in [0, 0.1) is 20.8 Å². The monoisotopic (exact) mass is 398 g/mol. The van der Waals surface area contributed by atoms with E-state index in [1.807, 2.05) is 6.08 Å². The van der Waals surface area contributed by atoms with Crippen LogP contribution in [0.3, 0.4) is 0 Å². The number of anilines is 1. The summed E-state index contributed by atoms with van der Waals surface area (Å²) in [6, 6.07) is 4.32. The van der Waals surface area contributed by atoms with Gasteiger partial charge in [-0.25, -0.2) is 0 Å². The maximum atomic E-state index is 12.4. The molecular weight excluding hydrogens is 368 g/mol. The zero-order valence-corrected chi connectivity index (χ0v) is 17.7. The minimum Gasteiger partial charge on any atom is -0.360 e. The molecule has 0 unspecified atom stereocenters. The number of aryl methyl sites for hydroxylation is 2. The summed E-state index contributed by atoms with van der Waals surface area (Å²) in [6.45, 7) is 5.93. The zero-order chi connectivity index (χ0) is 21.0. The van der Waals surface area contributed by atoms with Gasteiger partial charge < -0.3 is 19.3 Å². The second-order valence-electron chi connectivity index (χ2n) is 7.89. The SMILES string of the molecule is Cc1cc(NC(=O)CN(C)C(=O)/C=C/c2cc(C)n(C3CCCCC3)c2C)no1. The lowest BCUT2D eigenvalue weighted by Gasteiger charge is -2.26. The minimum atomic E-state index is -0.321. The third-order valence-electron chi connectivity index (χ3n) is 5.52. The summed E-state index contributed by atoms with van der Waals surface area (Å²) in [6.07, 6.45) is 9.72. The fourth-order valence-electron chi connectivity index (χ4n) is 4.06. The Kier molecular flexibility index (Phi) is 6.56. The third kappa shape index (κ3) is 5.16. The van der Waals surface area contributed by atoms with E-state index in [0.717, 1.165) is 5.56 Å². The normalized spacial score (nSPS) is 15.0. The molecule has 0 atom stereocenters. The Morgan fingerprint density at radius 3 is 2.62 bits per heavy atom. The molecule has 3 rings (SSSR count). The molecule has 7 heteroatoms. The van der Waals surface area contributed by atoms with Crippen LogP contribution < -0.4 is 5.32 Å². The molecule has 0 saturated heterocycles.